The molecule has 0 aliphatic carbocycles. The average Bonchev–Trinajstić information content (AvgIpc) is 1.99. The Morgan fingerprint density at radius 1 is 1.70 bits per heavy atom. The highest BCUT2D eigenvalue weighted by atomic mass is 16.5. The van der Waals surface area contributed by atoms with Gasteiger partial charge in [0, 0.05) is 20.7 Å². The number of hydrogen-bond acceptors (Lipinski definition) is 3. The van der Waals surface area contributed by atoms with Crippen LogP contribution in [0.1, 0.15) is 0 Å². The van der Waals surface area contributed by atoms with Crippen LogP contribution in [0.25, 0.3) is 0 Å². The number of hydrogen-bond donors (Lipinski definition) is 3. The van der Waals surface area contributed by atoms with Crippen LogP contribution in [0.4, 0.5) is 0 Å². The van der Waals surface area contributed by atoms with Crippen LogP contribution in [-0.4, -0.2) is 33.3 Å². The zero-order valence-corrected chi connectivity index (χ0v) is 6.35. The summed E-state index contributed by atoms with van der Waals surface area (Å²) >= 11 is 0. The molecule has 0 spiro atoms. The molecule has 0 aromatic carbocycles. The van der Waals surface area contributed by atoms with Gasteiger partial charge in [-0.05, 0) is 0 Å². The Hall–Kier alpha value is -0.810. The highest BCUT2D eigenvalue weighted by Crippen LogP contribution is 1.65. The molecule has 0 aliphatic rings. The van der Waals surface area contributed by atoms with E-state index in [-0.39, 0.29) is 0 Å². The predicted octanol–water partition coefficient (Wildman–Crippen LogP) is -1.33. The summed E-state index contributed by atoms with van der Waals surface area (Å²) in [5, 5.41) is 2.91. The largest absolute Gasteiger partial charge is 0.383 e. The second-order valence-electron chi connectivity index (χ2n) is 1.64. The average molecular weight is 146 g/mol. The van der Waals surface area contributed by atoms with Gasteiger partial charge in [-0.1, -0.05) is 0 Å². The molecule has 0 rings (SSSR count). The fourth-order valence-electron chi connectivity index (χ4n) is 0.466. The van der Waals surface area contributed by atoms with Crippen LogP contribution in [0.5, 0.6) is 0 Å². The lowest BCUT2D eigenvalue weighted by atomic mass is 10.7. The minimum atomic E-state index is 0.567. The van der Waals surface area contributed by atoms with Crippen molar-refractivity contribution >= 4 is 5.96 Å². The van der Waals surface area contributed by atoms with E-state index in [4.69, 9.17) is 10.6 Å². The number of nitrogens with one attached hydrogen (secondary N) is 2. The van der Waals surface area contributed by atoms with E-state index in [1.54, 1.807) is 14.2 Å². The summed E-state index contributed by atoms with van der Waals surface area (Å²) < 4.78 is 4.80. The first-order valence-corrected chi connectivity index (χ1v) is 3.01. The van der Waals surface area contributed by atoms with Crippen LogP contribution in [0.3, 0.4) is 0 Å². The maximum Gasteiger partial charge on any atom is 0.205 e. The van der Waals surface area contributed by atoms with Gasteiger partial charge in [-0.25, -0.2) is 5.84 Å². The Morgan fingerprint density at radius 3 is 2.80 bits per heavy atom. The number of aliphatic imine (C=N–C) groups is 1. The molecule has 5 heteroatoms. The molecule has 0 aliphatic heterocycles. The summed E-state index contributed by atoms with van der Waals surface area (Å²) in [6.45, 7) is 1.34. The fourth-order valence-corrected chi connectivity index (χ4v) is 0.466. The lowest BCUT2D eigenvalue weighted by molar-refractivity contribution is 0.203. The molecule has 0 fully saturated rings. The van der Waals surface area contributed by atoms with E-state index in [1.165, 1.54) is 0 Å². The molecule has 0 aromatic heterocycles. The van der Waals surface area contributed by atoms with Crippen LogP contribution < -0.4 is 16.6 Å². The number of nitrogens with zero attached hydrogens (tertiary/aromatic N) is 1. The molecule has 0 radical (unpaired) electrons. The third-order valence-electron chi connectivity index (χ3n) is 0.959. The molecule has 0 saturated carbocycles. The maximum absolute atomic E-state index is 5.08. The van der Waals surface area contributed by atoms with E-state index in [2.05, 4.69) is 15.7 Å². The summed E-state index contributed by atoms with van der Waals surface area (Å²) in [6, 6.07) is 0. The molecule has 0 amide bonds. The molecule has 10 heavy (non-hydrogen) atoms. The van der Waals surface area contributed by atoms with Crippen molar-refractivity contribution in [3.05, 3.63) is 0 Å². The van der Waals surface area contributed by atoms with Gasteiger partial charge in [-0.15, -0.1) is 0 Å². The topological polar surface area (TPSA) is 71.7 Å². The van der Waals surface area contributed by atoms with Gasteiger partial charge in [0.2, 0.25) is 5.96 Å². The Balaban J connectivity index is 3.27. The molecule has 5 nitrogen and oxygen atoms in total. The predicted molar refractivity (Wildman–Crippen MR) is 40.6 cm³/mol. The van der Waals surface area contributed by atoms with E-state index >= 15 is 0 Å². The Bertz CT molecular complexity index is 104. The maximum atomic E-state index is 5.08. The van der Waals surface area contributed by atoms with Crippen molar-refractivity contribution in [3.8, 4) is 0 Å². The van der Waals surface area contributed by atoms with Gasteiger partial charge in [0.05, 0.1) is 6.61 Å². The normalized spacial score (nSPS) is 11.3. The van der Waals surface area contributed by atoms with Crippen molar-refractivity contribution < 1.29 is 4.74 Å². The van der Waals surface area contributed by atoms with E-state index < -0.39 is 0 Å². The molecule has 0 saturated heterocycles. The van der Waals surface area contributed by atoms with Gasteiger partial charge in [0.1, 0.15) is 0 Å². The summed E-state index contributed by atoms with van der Waals surface area (Å²) in [7, 11) is 3.29. The Kier molecular flexibility index (Phi) is 5.80. The minimum absolute atomic E-state index is 0.567. The fraction of sp³-hybridized carbons (Fsp3) is 0.800. The van der Waals surface area contributed by atoms with Crippen molar-refractivity contribution in [1.82, 2.24) is 10.7 Å². The van der Waals surface area contributed by atoms with Crippen LogP contribution in [-0.2, 0) is 4.74 Å². The number of methoxy groups -OCH3 is 1. The second kappa shape index (κ2) is 6.31. The lowest BCUT2D eigenvalue weighted by Crippen LogP contribution is -2.42. The van der Waals surface area contributed by atoms with Crippen molar-refractivity contribution in [3.63, 3.8) is 0 Å². The number of hydrazine groups is 1. The molecular weight excluding hydrogens is 132 g/mol. The molecule has 60 valence electrons. The zero-order valence-electron chi connectivity index (χ0n) is 6.35. The van der Waals surface area contributed by atoms with Crippen molar-refractivity contribution in [1.29, 1.82) is 0 Å². The molecule has 0 atom stereocenters. The van der Waals surface area contributed by atoms with Gasteiger partial charge in [-0.3, -0.25) is 10.4 Å². The standard InChI is InChI=1S/C5H14N4O/c1-7-5(9-6)8-3-4-10-2/h3-4,6H2,1-2H3,(H2,7,8,9). The Morgan fingerprint density at radius 2 is 2.40 bits per heavy atom. The van der Waals surface area contributed by atoms with Gasteiger partial charge in [0.15, 0.2) is 0 Å². The molecule has 0 bridgehead atoms. The van der Waals surface area contributed by atoms with Gasteiger partial charge < -0.3 is 10.1 Å². The Labute approximate surface area is 60.6 Å². The minimum Gasteiger partial charge on any atom is -0.383 e. The molecular formula is C5H14N4O. The first-order valence-electron chi connectivity index (χ1n) is 3.01. The highest BCUT2D eigenvalue weighted by Gasteiger charge is 1.89. The van der Waals surface area contributed by atoms with Crippen LogP contribution in [0.2, 0.25) is 0 Å². The third-order valence-corrected chi connectivity index (χ3v) is 0.959. The lowest BCUT2D eigenvalue weighted by Gasteiger charge is -2.06. The molecule has 4 N–H and O–H groups in total. The first kappa shape index (κ1) is 9.19. The number of ether oxygens (including phenoxy) is 1. The summed E-state index contributed by atoms with van der Waals surface area (Å²) in [6.07, 6.45) is 0. The van der Waals surface area contributed by atoms with Crippen LogP contribution >= 0.6 is 0 Å². The number of guanidine groups is 1. The molecule has 0 heterocycles. The van der Waals surface area contributed by atoms with Gasteiger partial charge >= 0.3 is 0 Å². The first-order chi connectivity index (χ1) is 4.85. The van der Waals surface area contributed by atoms with Crippen LogP contribution in [0.15, 0.2) is 4.99 Å². The smallest absolute Gasteiger partial charge is 0.205 e. The molecule has 0 unspecified atom stereocenters. The summed E-state index contributed by atoms with van der Waals surface area (Å²) in [5.74, 6) is 5.65. The third kappa shape index (κ3) is 4.11. The van der Waals surface area contributed by atoms with E-state index in [0.717, 1.165) is 0 Å². The van der Waals surface area contributed by atoms with Gasteiger partial charge in [0.25, 0.3) is 0 Å². The van der Waals surface area contributed by atoms with Crippen LogP contribution in [0, 0.1) is 0 Å². The molecule has 0 aromatic rings. The van der Waals surface area contributed by atoms with Gasteiger partial charge in [-0.2, -0.15) is 0 Å². The monoisotopic (exact) mass is 146 g/mol. The number of nitrogens with two attached hydrogens (primary N) is 1. The van der Waals surface area contributed by atoms with Crippen molar-refractivity contribution in [2.24, 2.45) is 10.8 Å². The zero-order chi connectivity index (χ0) is 7.82. The highest BCUT2D eigenvalue weighted by molar-refractivity contribution is 5.78. The quantitative estimate of drug-likeness (QED) is 0.152. The van der Waals surface area contributed by atoms with E-state index in [0.29, 0.717) is 19.1 Å². The second-order valence-corrected chi connectivity index (χ2v) is 1.64. The summed E-state index contributed by atoms with van der Waals surface area (Å²) in [5.41, 5.74) is 2.39. The van der Waals surface area contributed by atoms with Crippen molar-refractivity contribution in [2.45, 2.75) is 0 Å². The number of rotatable bonds is 3. The van der Waals surface area contributed by atoms with E-state index in [1.807, 2.05) is 0 Å². The van der Waals surface area contributed by atoms with Crippen molar-refractivity contribution in [2.75, 3.05) is 27.3 Å². The van der Waals surface area contributed by atoms with E-state index in [9.17, 15) is 0 Å². The summed E-state index contributed by atoms with van der Waals surface area (Å²) in [4.78, 5) is 3.79. The SMILES string of the molecule is CN=C(NN)NCCOC.